The Labute approximate surface area is 200 Å². The summed E-state index contributed by atoms with van der Waals surface area (Å²) in [7, 11) is 3.12. The highest BCUT2D eigenvalue weighted by molar-refractivity contribution is 7.99. The average molecular weight is 475 g/mol. The molecule has 0 unspecified atom stereocenters. The second kappa shape index (κ2) is 10.7. The molecule has 0 bridgehead atoms. The van der Waals surface area contributed by atoms with E-state index in [1.54, 1.807) is 50.6 Å². The molecule has 1 N–H and O–H groups in total. The molecule has 4 rings (SSSR count). The van der Waals surface area contributed by atoms with E-state index >= 15 is 0 Å². The van der Waals surface area contributed by atoms with Gasteiger partial charge in [-0.1, -0.05) is 42.1 Å². The smallest absolute Gasteiger partial charge is 0.266 e. The third-order valence-corrected chi connectivity index (χ3v) is 5.86. The van der Waals surface area contributed by atoms with Gasteiger partial charge in [0, 0.05) is 11.6 Å². The number of nitrogens with zero attached hydrogens (tertiary/aromatic N) is 3. The topological polar surface area (TPSA) is 94.8 Å². The van der Waals surface area contributed by atoms with Crippen molar-refractivity contribution in [2.45, 2.75) is 5.16 Å². The van der Waals surface area contributed by atoms with Gasteiger partial charge in [-0.2, -0.15) is 5.10 Å². The molecule has 172 valence electrons. The number of nitrogens with one attached hydrogen (secondary N) is 1. The highest BCUT2D eigenvalue weighted by Crippen LogP contribution is 2.23. The number of carbonyl (C=O) groups is 1. The third kappa shape index (κ3) is 5.10. The lowest BCUT2D eigenvalue weighted by Crippen LogP contribution is -2.24. The third-order valence-electron chi connectivity index (χ3n) is 4.93. The number of ether oxygens (including phenoxy) is 2. The van der Waals surface area contributed by atoms with Crippen LogP contribution in [0.3, 0.4) is 0 Å². The Morgan fingerprint density at radius 3 is 2.59 bits per heavy atom. The predicted molar refractivity (Wildman–Crippen MR) is 133 cm³/mol. The van der Waals surface area contributed by atoms with Crippen LogP contribution in [-0.4, -0.2) is 41.6 Å². The minimum atomic E-state index is -0.337. The van der Waals surface area contributed by atoms with Crippen molar-refractivity contribution >= 4 is 34.8 Å². The lowest BCUT2D eigenvalue weighted by Gasteiger charge is -2.12. The van der Waals surface area contributed by atoms with Crippen LogP contribution < -0.4 is 20.5 Å². The maximum Gasteiger partial charge on any atom is 0.266 e. The monoisotopic (exact) mass is 474 g/mol. The Kier molecular flexibility index (Phi) is 7.24. The fourth-order valence-electron chi connectivity index (χ4n) is 3.28. The first kappa shape index (κ1) is 23.1. The minimum Gasteiger partial charge on any atom is -0.497 e. The van der Waals surface area contributed by atoms with Gasteiger partial charge in [0.05, 0.1) is 42.8 Å². The van der Waals surface area contributed by atoms with Crippen molar-refractivity contribution in [3.05, 3.63) is 88.7 Å². The predicted octanol–water partition coefficient (Wildman–Crippen LogP) is 3.65. The lowest BCUT2D eigenvalue weighted by atomic mass is 10.2. The molecule has 3 aromatic carbocycles. The molecule has 0 aliphatic carbocycles. The van der Waals surface area contributed by atoms with Crippen LogP contribution in [0.4, 0.5) is 0 Å². The number of hydrazone groups is 1. The number of para-hydroxylation sites is 2. The van der Waals surface area contributed by atoms with Gasteiger partial charge >= 0.3 is 0 Å². The van der Waals surface area contributed by atoms with Gasteiger partial charge in [-0.3, -0.25) is 14.2 Å². The number of benzene rings is 3. The van der Waals surface area contributed by atoms with E-state index in [1.807, 2.05) is 36.4 Å². The maximum atomic E-state index is 13.2. The molecule has 1 aromatic heterocycles. The van der Waals surface area contributed by atoms with E-state index in [-0.39, 0.29) is 17.2 Å². The molecule has 1 amide bonds. The second-order valence-corrected chi connectivity index (χ2v) is 8.02. The van der Waals surface area contributed by atoms with E-state index in [4.69, 9.17) is 9.47 Å². The number of hydrogen-bond donors (Lipinski definition) is 1. The van der Waals surface area contributed by atoms with Crippen molar-refractivity contribution in [3.63, 3.8) is 0 Å². The lowest BCUT2D eigenvalue weighted by molar-refractivity contribution is -0.118. The number of methoxy groups -OCH3 is 2. The first-order valence-corrected chi connectivity index (χ1v) is 11.3. The summed E-state index contributed by atoms with van der Waals surface area (Å²) in [6, 6.07) is 21.7. The molecule has 9 heteroatoms. The van der Waals surface area contributed by atoms with E-state index in [0.29, 0.717) is 38.8 Å². The summed E-state index contributed by atoms with van der Waals surface area (Å²) in [6.45, 7) is 0. The zero-order chi connectivity index (χ0) is 23.9. The number of hydrogen-bond acceptors (Lipinski definition) is 7. The fraction of sp³-hybridized carbons (Fsp3) is 0.120. The molecule has 1 heterocycles. The van der Waals surface area contributed by atoms with Crippen molar-refractivity contribution in [2.75, 3.05) is 20.0 Å². The van der Waals surface area contributed by atoms with Gasteiger partial charge in [-0.15, -0.1) is 0 Å². The zero-order valence-electron chi connectivity index (χ0n) is 18.6. The van der Waals surface area contributed by atoms with Crippen LogP contribution in [-0.2, 0) is 4.79 Å². The molecular formula is C25H22N4O4S. The van der Waals surface area contributed by atoms with Crippen LogP contribution in [0.2, 0.25) is 0 Å². The number of rotatable bonds is 8. The van der Waals surface area contributed by atoms with Crippen LogP contribution in [0, 0.1) is 0 Å². The van der Waals surface area contributed by atoms with E-state index in [9.17, 15) is 9.59 Å². The van der Waals surface area contributed by atoms with Crippen LogP contribution in [0.15, 0.2) is 87.8 Å². The summed E-state index contributed by atoms with van der Waals surface area (Å²) >= 11 is 1.16. The Morgan fingerprint density at radius 1 is 1.06 bits per heavy atom. The quantitative estimate of drug-likeness (QED) is 0.181. The summed E-state index contributed by atoms with van der Waals surface area (Å²) in [4.78, 5) is 30.3. The van der Waals surface area contributed by atoms with E-state index in [0.717, 1.165) is 11.8 Å². The van der Waals surface area contributed by atoms with E-state index < -0.39 is 0 Å². The van der Waals surface area contributed by atoms with E-state index in [1.165, 1.54) is 10.8 Å². The normalized spacial score (nSPS) is 11.0. The number of fused-ring (bicyclic) bond motifs is 1. The van der Waals surface area contributed by atoms with E-state index in [2.05, 4.69) is 15.5 Å². The molecule has 0 saturated heterocycles. The molecule has 34 heavy (non-hydrogen) atoms. The van der Waals surface area contributed by atoms with Crippen LogP contribution in [0.5, 0.6) is 11.5 Å². The summed E-state index contributed by atoms with van der Waals surface area (Å²) < 4.78 is 12.0. The van der Waals surface area contributed by atoms with Crippen molar-refractivity contribution in [3.8, 4) is 17.2 Å². The summed E-state index contributed by atoms with van der Waals surface area (Å²) in [6.07, 6.45) is 1.50. The molecular weight excluding hydrogens is 452 g/mol. The Hall–Kier alpha value is -4.11. The molecule has 0 atom stereocenters. The van der Waals surface area contributed by atoms with Gasteiger partial charge in [0.15, 0.2) is 5.16 Å². The zero-order valence-corrected chi connectivity index (χ0v) is 19.4. The Morgan fingerprint density at radius 2 is 1.82 bits per heavy atom. The van der Waals surface area contributed by atoms with Crippen molar-refractivity contribution in [1.29, 1.82) is 0 Å². The molecule has 0 aliphatic heterocycles. The van der Waals surface area contributed by atoms with Gasteiger partial charge in [0.2, 0.25) is 0 Å². The fourth-order valence-corrected chi connectivity index (χ4v) is 4.08. The summed E-state index contributed by atoms with van der Waals surface area (Å²) in [5.41, 5.74) is 4.25. The number of thioether (sulfide) groups is 1. The first-order valence-electron chi connectivity index (χ1n) is 10.3. The van der Waals surface area contributed by atoms with Crippen LogP contribution in [0.25, 0.3) is 16.6 Å². The highest BCUT2D eigenvalue weighted by Gasteiger charge is 2.14. The SMILES string of the molecule is COc1ccc(C=NNC(=O)CSc2nc3ccccc3c(=O)n2-c2ccccc2)c(OC)c1. The van der Waals surface area contributed by atoms with Gasteiger partial charge in [0.25, 0.3) is 11.5 Å². The number of carbonyl (C=O) groups excluding carboxylic acids is 1. The molecule has 0 aliphatic rings. The van der Waals surface area contributed by atoms with Gasteiger partial charge in [0.1, 0.15) is 11.5 Å². The van der Waals surface area contributed by atoms with Crippen LogP contribution in [0.1, 0.15) is 5.56 Å². The van der Waals surface area contributed by atoms with Crippen molar-refractivity contribution < 1.29 is 14.3 Å². The standard InChI is InChI=1S/C25H22N4O4S/c1-32-19-13-12-17(22(14-19)33-2)15-26-28-23(30)16-34-25-27-21-11-7-6-10-20(21)24(31)29(25)18-8-4-3-5-9-18/h3-15H,16H2,1-2H3,(H,28,30). The average Bonchev–Trinajstić information content (AvgIpc) is 2.88. The van der Waals surface area contributed by atoms with Gasteiger partial charge in [-0.05, 0) is 36.4 Å². The minimum absolute atomic E-state index is 0.0225. The summed E-state index contributed by atoms with van der Waals surface area (Å²) in [5, 5.41) is 4.95. The number of amides is 1. The van der Waals surface area contributed by atoms with Crippen molar-refractivity contribution in [1.82, 2.24) is 15.0 Å². The van der Waals surface area contributed by atoms with Gasteiger partial charge in [-0.25, -0.2) is 10.4 Å². The molecule has 0 radical (unpaired) electrons. The maximum absolute atomic E-state index is 13.2. The largest absolute Gasteiger partial charge is 0.497 e. The van der Waals surface area contributed by atoms with Gasteiger partial charge < -0.3 is 9.47 Å². The molecule has 0 spiro atoms. The molecule has 0 fully saturated rings. The van der Waals surface area contributed by atoms with Crippen molar-refractivity contribution in [2.24, 2.45) is 5.10 Å². The Balaban J connectivity index is 1.52. The number of aromatic nitrogens is 2. The summed E-state index contributed by atoms with van der Waals surface area (Å²) in [5.74, 6) is 0.908. The second-order valence-electron chi connectivity index (χ2n) is 7.08. The van der Waals surface area contributed by atoms with Crippen LogP contribution >= 0.6 is 11.8 Å². The molecule has 0 saturated carbocycles. The Bertz CT molecular complexity index is 1400. The highest BCUT2D eigenvalue weighted by atomic mass is 32.2. The molecule has 4 aromatic rings. The first-order chi connectivity index (χ1) is 16.6. The molecule has 8 nitrogen and oxygen atoms in total.